The number of aryl methyl sites for hydroxylation is 1. The fraction of sp³-hybridized carbons (Fsp3) is 0.176. The molecule has 0 aliphatic rings. The van der Waals surface area contributed by atoms with Crippen molar-refractivity contribution in [2.75, 3.05) is 12.8 Å². The minimum atomic E-state index is 0.497. The van der Waals surface area contributed by atoms with Crippen LogP contribution in [0.25, 0.3) is 10.9 Å². The lowest BCUT2D eigenvalue weighted by atomic mass is 10.2. The first kappa shape index (κ1) is 13.4. The average molecular weight is 282 g/mol. The third-order valence-electron chi connectivity index (χ3n) is 3.67. The van der Waals surface area contributed by atoms with Gasteiger partial charge in [-0.05, 0) is 42.5 Å². The van der Waals surface area contributed by atoms with Crippen LogP contribution in [0.3, 0.4) is 0 Å². The van der Waals surface area contributed by atoms with E-state index in [0.29, 0.717) is 6.61 Å². The highest BCUT2D eigenvalue weighted by atomic mass is 16.5. The van der Waals surface area contributed by atoms with Gasteiger partial charge in [0.2, 0.25) is 0 Å². The Labute approximate surface area is 123 Å². The Morgan fingerprint density at radius 1 is 1.05 bits per heavy atom. The molecule has 3 aromatic rings. The van der Waals surface area contributed by atoms with Crippen molar-refractivity contribution in [3.63, 3.8) is 0 Å². The van der Waals surface area contributed by atoms with Crippen LogP contribution in [0, 0.1) is 0 Å². The molecule has 0 saturated heterocycles. The highest BCUT2D eigenvalue weighted by molar-refractivity contribution is 5.92. The molecule has 2 N–H and O–H groups in total. The second kappa shape index (κ2) is 5.40. The van der Waals surface area contributed by atoms with Crippen molar-refractivity contribution in [2.45, 2.75) is 6.61 Å². The molecule has 1 heterocycles. The van der Waals surface area contributed by atoms with E-state index >= 15 is 0 Å². The fourth-order valence-corrected chi connectivity index (χ4v) is 2.41. The van der Waals surface area contributed by atoms with E-state index in [1.807, 2.05) is 43.4 Å². The number of hydrogen-bond donors (Lipinski definition) is 1. The van der Waals surface area contributed by atoms with Gasteiger partial charge >= 0.3 is 0 Å². The Balaban J connectivity index is 1.81. The number of methoxy groups -OCH3 is 1. The van der Waals surface area contributed by atoms with Crippen LogP contribution < -0.4 is 15.2 Å². The van der Waals surface area contributed by atoms with E-state index < -0.39 is 0 Å². The third-order valence-corrected chi connectivity index (χ3v) is 3.67. The molecule has 3 rings (SSSR count). The van der Waals surface area contributed by atoms with Gasteiger partial charge in [0.25, 0.3) is 0 Å². The van der Waals surface area contributed by atoms with Crippen molar-refractivity contribution < 1.29 is 9.47 Å². The molecule has 0 unspecified atom stereocenters. The molecule has 0 fully saturated rings. The lowest BCUT2D eigenvalue weighted by molar-refractivity contribution is 0.297. The van der Waals surface area contributed by atoms with E-state index in [-0.39, 0.29) is 0 Å². The predicted molar refractivity (Wildman–Crippen MR) is 84.7 cm³/mol. The summed E-state index contributed by atoms with van der Waals surface area (Å²) in [6, 6.07) is 15.6. The molecule has 0 aliphatic heterocycles. The van der Waals surface area contributed by atoms with Gasteiger partial charge in [-0.2, -0.15) is 0 Å². The maximum absolute atomic E-state index is 6.01. The molecule has 0 spiro atoms. The highest BCUT2D eigenvalue weighted by Gasteiger charge is 2.08. The summed E-state index contributed by atoms with van der Waals surface area (Å²) in [6.45, 7) is 0.497. The summed E-state index contributed by atoms with van der Waals surface area (Å²) in [5.74, 6) is 1.63. The summed E-state index contributed by atoms with van der Waals surface area (Å²) >= 11 is 0. The maximum Gasteiger partial charge on any atom is 0.128 e. The predicted octanol–water partition coefficient (Wildman–Crippen LogP) is 3.35. The van der Waals surface area contributed by atoms with E-state index in [9.17, 15) is 0 Å². The van der Waals surface area contributed by atoms with Gasteiger partial charge in [-0.15, -0.1) is 0 Å². The van der Waals surface area contributed by atoms with Crippen molar-refractivity contribution in [2.24, 2.45) is 7.05 Å². The molecule has 0 aliphatic carbocycles. The van der Waals surface area contributed by atoms with Gasteiger partial charge in [0.05, 0.1) is 18.3 Å². The Bertz CT molecular complexity index is 760. The minimum absolute atomic E-state index is 0.497. The van der Waals surface area contributed by atoms with Gasteiger partial charge in [-0.3, -0.25) is 0 Å². The van der Waals surface area contributed by atoms with Crippen LogP contribution in [0.15, 0.2) is 48.5 Å². The molecule has 4 heteroatoms. The first-order valence-electron chi connectivity index (χ1n) is 6.78. The quantitative estimate of drug-likeness (QED) is 0.747. The summed E-state index contributed by atoms with van der Waals surface area (Å²) in [7, 11) is 3.67. The fourth-order valence-electron chi connectivity index (χ4n) is 2.41. The van der Waals surface area contributed by atoms with Gasteiger partial charge in [-0.1, -0.05) is 6.07 Å². The minimum Gasteiger partial charge on any atom is -0.497 e. The highest BCUT2D eigenvalue weighted by Crippen LogP contribution is 2.25. The SMILES string of the molecule is COc1ccc(OCc2cc3c(N)cccc3n2C)cc1. The van der Waals surface area contributed by atoms with Crippen LogP contribution in [0.5, 0.6) is 11.5 Å². The van der Waals surface area contributed by atoms with Gasteiger partial charge < -0.3 is 19.8 Å². The van der Waals surface area contributed by atoms with Gasteiger partial charge in [0.15, 0.2) is 0 Å². The lowest BCUT2D eigenvalue weighted by Gasteiger charge is -2.08. The number of fused-ring (bicyclic) bond motifs is 1. The average Bonchev–Trinajstić information content (AvgIpc) is 2.84. The van der Waals surface area contributed by atoms with Crippen LogP contribution in [0.4, 0.5) is 5.69 Å². The van der Waals surface area contributed by atoms with E-state index in [0.717, 1.165) is 33.8 Å². The van der Waals surface area contributed by atoms with Crippen molar-refractivity contribution in [1.82, 2.24) is 4.57 Å². The molecular weight excluding hydrogens is 264 g/mol. The third kappa shape index (κ3) is 2.52. The monoisotopic (exact) mass is 282 g/mol. The maximum atomic E-state index is 6.01. The van der Waals surface area contributed by atoms with Crippen molar-refractivity contribution >= 4 is 16.6 Å². The zero-order valence-corrected chi connectivity index (χ0v) is 12.2. The molecular formula is C17H18N2O2. The Hall–Kier alpha value is -2.62. The molecule has 0 amide bonds. The van der Waals surface area contributed by atoms with Gasteiger partial charge in [0, 0.05) is 18.1 Å². The van der Waals surface area contributed by atoms with Crippen molar-refractivity contribution in [1.29, 1.82) is 0 Å². The number of benzene rings is 2. The zero-order valence-electron chi connectivity index (χ0n) is 12.2. The molecule has 0 atom stereocenters. The molecule has 0 bridgehead atoms. The number of nitrogen functional groups attached to an aromatic ring is 1. The first-order chi connectivity index (χ1) is 10.2. The summed E-state index contributed by atoms with van der Waals surface area (Å²) in [4.78, 5) is 0. The summed E-state index contributed by atoms with van der Waals surface area (Å²) < 4.78 is 13.1. The van der Waals surface area contributed by atoms with E-state index in [2.05, 4.69) is 16.7 Å². The molecule has 4 nitrogen and oxygen atoms in total. The van der Waals surface area contributed by atoms with Crippen LogP contribution in [-0.4, -0.2) is 11.7 Å². The van der Waals surface area contributed by atoms with Crippen LogP contribution in [-0.2, 0) is 13.7 Å². The largest absolute Gasteiger partial charge is 0.497 e. The number of anilines is 1. The Kier molecular flexibility index (Phi) is 3.44. The Morgan fingerprint density at radius 3 is 2.43 bits per heavy atom. The summed E-state index contributed by atoms with van der Waals surface area (Å²) in [5, 5.41) is 1.06. The van der Waals surface area contributed by atoms with Crippen LogP contribution in [0.1, 0.15) is 5.69 Å². The molecule has 0 radical (unpaired) electrons. The number of nitrogens with zero attached hydrogens (tertiary/aromatic N) is 1. The number of aromatic nitrogens is 1. The summed E-state index contributed by atoms with van der Waals surface area (Å²) in [6.07, 6.45) is 0. The van der Waals surface area contributed by atoms with Crippen LogP contribution >= 0.6 is 0 Å². The van der Waals surface area contributed by atoms with Crippen molar-refractivity contribution in [3.8, 4) is 11.5 Å². The van der Waals surface area contributed by atoms with E-state index in [1.165, 1.54) is 0 Å². The second-order valence-electron chi connectivity index (χ2n) is 4.94. The zero-order chi connectivity index (χ0) is 14.8. The molecule has 1 aromatic heterocycles. The van der Waals surface area contributed by atoms with Gasteiger partial charge in [-0.25, -0.2) is 0 Å². The number of nitrogens with two attached hydrogens (primary N) is 1. The molecule has 21 heavy (non-hydrogen) atoms. The number of hydrogen-bond acceptors (Lipinski definition) is 3. The first-order valence-corrected chi connectivity index (χ1v) is 6.78. The topological polar surface area (TPSA) is 49.4 Å². The second-order valence-corrected chi connectivity index (χ2v) is 4.94. The molecule has 0 saturated carbocycles. The van der Waals surface area contributed by atoms with Crippen molar-refractivity contribution in [3.05, 3.63) is 54.2 Å². The molecule has 108 valence electrons. The van der Waals surface area contributed by atoms with Gasteiger partial charge in [0.1, 0.15) is 18.1 Å². The van der Waals surface area contributed by atoms with Crippen LogP contribution in [0.2, 0.25) is 0 Å². The molecule has 2 aromatic carbocycles. The normalized spacial score (nSPS) is 10.8. The smallest absolute Gasteiger partial charge is 0.128 e. The number of rotatable bonds is 4. The van der Waals surface area contributed by atoms with E-state index in [1.54, 1.807) is 7.11 Å². The number of ether oxygens (including phenoxy) is 2. The Morgan fingerprint density at radius 2 is 1.76 bits per heavy atom. The van der Waals surface area contributed by atoms with E-state index in [4.69, 9.17) is 15.2 Å². The lowest BCUT2D eigenvalue weighted by Crippen LogP contribution is -2.01. The summed E-state index contributed by atoms with van der Waals surface area (Å²) in [5.41, 5.74) is 9.00. The standard InChI is InChI=1S/C17H18N2O2/c1-19-12(10-15-16(18)4-3-5-17(15)19)11-21-14-8-6-13(20-2)7-9-14/h3-10H,11,18H2,1-2H3.